The molecule has 7 heteroatoms. The molecule has 24 heavy (non-hydrogen) atoms. The molecule has 0 aliphatic rings. The lowest BCUT2D eigenvalue weighted by atomic mass is 10.0. The molecule has 0 aliphatic heterocycles. The van der Waals surface area contributed by atoms with E-state index in [1.807, 2.05) is 0 Å². The fourth-order valence-corrected chi connectivity index (χ4v) is 2.31. The van der Waals surface area contributed by atoms with E-state index in [2.05, 4.69) is 5.32 Å². The topological polar surface area (TPSA) is 72.2 Å². The van der Waals surface area contributed by atoms with Crippen LogP contribution in [0.25, 0.3) is 0 Å². The summed E-state index contributed by atoms with van der Waals surface area (Å²) in [6.45, 7) is 0. The fraction of sp³-hybridized carbons (Fsp3) is 0.176. The second-order valence-corrected chi connectivity index (χ2v) is 5.67. The van der Waals surface area contributed by atoms with Crippen molar-refractivity contribution >= 4 is 23.4 Å². The minimum Gasteiger partial charge on any atom is -0.368 e. The molecule has 2 aromatic rings. The number of hydrogen-bond acceptors (Lipinski definition) is 2. The summed E-state index contributed by atoms with van der Waals surface area (Å²) in [5.41, 5.74) is 5.67. The van der Waals surface area contributed by atoms with Gasteiger partial charge in [-0.05, 0) is 29.8 Å². The quantitative estimate of drug-likeness (QED) is 0.837. The van der Waals surface area contributed by atoms with Crippen LogP contribution in [-0.4, -0.2) is 17.9 Å². The Balaban J connectivity index is 2.06. The normalized spacial score (nSPS) is 11.8. The molecule has 2 aromatic carbocycles. The van der Waals surface area contributed by atoms with Crippen molar-refractivity contribution in [2.24, 2.45) is 5.73 Å². The standard InChI is InChI=1S/C17H15ClF2N2O2/c18-11-6-4-10(5-7-11)8-15(17(21)24)22-16(23)9-12-13(19)2-1-3-14(12)20/h1-7,15H,8-9H2,(H2,21,24)(H,22,23)/t15-/m0/s1. The summed E-state index contributed by atoms with van der Waals surface area (Å²) in [4.78, 5) is 23.5. The first-order chi connectivity index (χ1) is 11.4. The lowest BCUT2D eigenvalue weighted by Gasteiger charge is -2.16. The van der Waals surface area contributed by atoms with Gasteiger partial charge in [-0.25, -0.2) is 8.78 Å². The van der Waals surface area contributed by atoms with E-state index in [1.165, 1.54) is 6.07 Å². The molecule has 0 saturated carbocycles. The first kappa shape index (κ1) is 17.9. The summed E-state index contributed by atoms with van der Waals surface area (Å²) < 4.78 is 27.1. The van der Waals surface area contributed by atoms with E-state index in [0.29, 0.717) is 5.02 Å². The molecular weight excluding hydrogens is 338 g/mol. The summed E-state index contributed by atoms with van der Waals surface area (Å²) in [5, 5.41) is 2.94. The van der Waals surface area contributed by atoms with Crippen LogP contribution < -0.4 is 11.1 Å². The third-order valence-corrected chi connectivity index (χ3v) is 3.68. The Morgan fingerprint density at radius 2 is 1.67 bits per heavy atom. The summed E-state index contributed by atoms with van der Waals surface area (Å²) in [7, 11) is 0. The zero-order valence-corrected chi connectivity index (χ0v) is 13.3. The highest BCUT2D eigenvalue weighted by Gasteiger charge is 2.20. The van der Waals surface area contributed by atoms with Gasteiger partial charge in [-0.3, -0.25) is 9.59 Å². The zero-order chi connectivity index (χ0) is 17.7. The maximum Gasteiger partial charge on any atom is 0.240 e. The monoisotopic (exact) mass is 352 g/mol. The number of amides is 2. The third-order valence-electron chi connectivity index (χ3n) is 3.43. The second kappa shape index (κ2) is 7.88. The average molecular weight is 353 g/mol. The number of nitrogens with one attached hydrogen (secondary N) is 1. The zero-order valence-electron chi connectivity index (χ0n) is 12.6. The van der Waals surface area contributed by atoms with Gasteiger partial charge in [-0.15, -0.1) is 0 Å². The van der Waals surface area contributed by atoms with Gasteiger partial charge < -0.3 is 11.1 Å². The van der Waals surface area contributed by atoms with Gasteiger partial charge in [0.05, 0.1) is 6.42 Å². The number of halogens is 3. The molecule has 0 radical (unpaired) electrons. The van der Waals surface area contributed by atoms with E-state index in [9.17, 15) is 18.4 Å². The summed E-state index contributed by atoms with van der Waals surface area (Å²) in [6, 6.07) is 9.02. The molecule has 1 atom stereocenters. The van der Waals surface area contributed by atoms with Gasteiger partial charge in [-0.1, -0.05) is 29.8 Å². The van der Waals surface area contributed by atoms with E-state index < -0.39 is 35.9 Å². The largest absolute Gasteiger partial charge is 0.368 e. The van der Waals surface area contributed by atoms with E-state index in [1.54, 1.807) is 24.3 Å². The van der Waals surface area contributed by atoms with Crippen molar-refractivity contribution in [3.8, 4) is 0 Å². The van der Waals surface area contributed by atoms with Crippen LogP contribution >= 0.6 is 11.6 Å². The molecular formula is C17H15ClF2N2O2. The van der Waals surface area contributed by atoms with Crippen LogP contribution in [0.3, 0.4) is 0 Å². The number of benzene rings is 2. The Morgan fingerprint density at radius 3 is 2.21 bits per heavy atom. The second-order valence-electron chi connectivity index (χ2n) is 5.23. The van der Waals surface area contributed by atoms with Crippen LogP contribution in [0.4, 0.5) is 8.78 Å². The van der Waals surface area contributed by atoms with Crippen molar-refractivity contribution in [3.05, 3.63) is 70.2 Å². The van der Waals surface area contributed by atoms with Crippen molar-refractivity contribution in [3.63, 3.8) is 0 Å². The molecule has 126 valence electrons. The highest BCUT2D eigenvalue weighted by Crippen LogP contribution is 2.14. The van der Waals surface area contributed by atoms with Crippen LogP contribution in [0.5, 0.6) is 0 Å². The lowest BCUT2D eigenvalue weighted by molar-refractivity contribution is -0.127. The van der Waals surface area contributed by atoms with Gasteiger partial charge in [0, 0.05) is 17.0 Å². The minimum atomic E-state index is -0.992. The molecule has 0 bridgehead atoms. The lowest BCUT2D eigenvalue weighted by Crippen LogP contribution is -2.46. The summed E-state index contributed by atoms with van der Waals surface area (Å²) in [5.74, 6) is -3.08. The maximum atomic E-state index is 13.6. The van der Waals surface area contributed by atoms with Gasteiger partial charge in [-0.2, -0.15) is 0 Å². The van der Waals surface area contributed by atoms with Crippen molar-refractivity contribution < 1.29 is 18.4 Å². The predicted octanol–water partition coefficient (Wildman–Crippen LogP) is 2.37. The molecule has 4 nitrogen and oxygen atoms in total. The Labute approximate surface area is 142 Å². The number of hydrogen-bond donors (Lipinski definition) is 2. The molecule has 0 saturated heterocycles. The number of carbonyl (C=O) groups excluding carboxylic acids is 2. The van der Waals surface area contributed by atoms with Crippen molar-refractivity contribution in [2.45, 2.75) is 18.9 Å². The highest BCUT2D eigenvalue weighted by atomic mass is 35.5. The number of carbonyl (C=O) groups is 2. The Morgan fingerprint density at radius 1 is 1.08 bits per heavy atom. The Kier molecular flexibility index (Phi) is 5.87. The van der Waals surface area contributed by atoms with Crippen LogP contribution in [0, 0.1) is 11.6 Å². The van der Waals surface area contributed by atoms with Crippen molar-refractivity contribution in [2.75, 3.05) is 0 Å². The SMILES string of the molecule is NC(=O)[C@H](Cc1ccc(Cl)cc1)NC(=O)Cc1c(F)cccc1F. The van der Waals surface area contributed by atoms with E-state index in [0.717, 1.165) is 17.7 Å². The van der Waals surface area contributed by atoms with Gasteiger partial charge in [0.15, 0.2) is 0 Å². The minimum absolute atomic E-state index is 0.151. The summed E-state index contributed by atoms with van der Waals surface area (Å²) >= 11 is 5.78. The molecule has 0 unspecified atom stereocenters. The predicted molar refractivity (Wildman–Crippen MR) is 86.3 cm³/mol. The van der Waals surface area contributed by atoms with Crippen molar-refractivity contribution in [1.29, 1.82) is 0 Å². The van der Waals surface area contributed by atoms with E-state index in [-0.39, 0.29) is 12.0 Å². The van der Waals surface area contributed by atoms with Crippen LogP contribution in [-0.2, 0) is 22.4 Å². The van der Waals surface area contributed by atoms with Gasteiger partial charge >= 0.3 is 0 Å². The fourth-order valence-electron chi connectivity index (χ4n) is 2.19. The molecule has 0 aromatic heterocycles. The molecule has 0 spiro atoms. The van der Waals surface area contributed by atoms with Crippen LogP contribution in [0.2, 0.25) is 5.02 Å². The van der Waals surface area contributed by atoms with Gasteiger partial charge in [0.1, 0.15) is 17.7 Å². The Hall–Kier alpha value is -2.47. The molecule has 0 aliphatic carbocycles. The molecule has 2 rings (SSSR count). The summed E-state index contributed by atoms with van der Waals surface area (Å²) in [6.07, 6.45) is -0.374. The molecule has 3 N–H and O–H groups in total. The van der Waals surface area contributed by atoms with E-state index >= 15 is 0 Å². The third kappa shape index (κ3) is 4.76. The number of rotatable bonds is 6. The number of nitrogens with two attached hydrogens (primary N) is 1. The van der Waals surface area contributed by atoms with Gasteiger partial charge in [0.2, 0.25) is 11.8 Å². The first-order valence-electron chi connectivity index (χ1n) is 7.13. The van der Waals surface area contributed by atoms with Crippen LogP contribution in [0.15, 0.2) is 42.5 Å². The molecule has 0 fully saturated rings. The van der Waals surface area contributed by atoms with Crippen LogP contribution in [0.1, 0.15) is 11.1 Å². The first-order valence-corrected chi connectivity index (χ1v) is 7.50. The molecule has 2 amide bonds. The molecule has 0 heterocycles. The van der Waals surface area contributed by atoms with Gasteiger partial charge in [0.25, 0.3) is 0 Å². The van der Waals surface area contributed by atoms with Crippen molar-refractivity contribution in [1.82, 2.24) is 5.32 Å². The Bertz CT molecular complexity index is 731. The average Bonchev–Trinajstić information content (AvgIpc) is 2.52. The highest BCUT2D eigenvalue weighted by molar-refractivity contribution is 6.30. The van der Waals surface area contributed by atoms with E-state index in [4.69, 9.17) is 17.3 Å². The maximum absolute atomic E-state index is 13.6. The number of primary amides is 1. The smallest absolute Gasteiger partial charge is 0.240 e.